The van der Waals surface area contributed by atoms with Gasteiger partial charge >= 0.3 is 11.9 Å². The van der Waals surface area contributed by atoms with Crippen molar-refractivity contribution in [2.45, 2.75) is 6.10 Å². The fourth-order valence-corrected chi connectivity index (χ4v) is 1.45. The first-order valence-corrected chi connectivity index (χ1v) is 4.18. The van der Waals surface area contributed by atoms with Gasteiger partial charge in [0.15, 0.2) is 12.0 Å². The maximum absolute atomic E-state index is 10.9. The van der Waals surface area contributed by atoms with E-state index in [-0.39, 0.29) is 0 Å². The molecule has 0 aromatic heterocycles. The Kier molecular flexibility index (Phi) is 1.96. The predicted molar refractivity (Wildman–Crippen MR) is 46.4 cm³/mol. The summed E-state index contributed by atoms with van der Waals surface area (Å²) in [6, 6.07) is 8.86. The number of hydrogen-bond acceptors (Lipinski definition) is 3. The normalized spacial score (nSPS) is 25.0. The fourth-order valence-electron chi connectivity index (χ4n) is 1.45. The third kappa shape index (κ3) is 1.25. The average molecular weight is 192 g/mol. The number of benzene rings is 1. The Morgan fingerprint density at radius 2 is 1.93 bits per heavy atom. The van der Waals surface area contributed by atoms with Crippen molar-refractivity contribution in [1.29, 1.82) is 0 Å². The highest BCUT2D eigenvalue weighted by atomic mass is 16.6. The van der Waals surface area contributed by atoms with E-state index in [1.807, 2.05) is 6.07 Å². The van der Waals surface area contributed by atoms with E-state index < -0.39 is 24.0 Å². The molecule has 0 amide bonds. The van der Waals surface area contributed by atoms with Gasteiger partial charge in [-0.1, -0.05) is 30.3 Å². The van der Waals surface area contributed by atoms with Crippen LogP contribution in [0, 0.1) is 5.92 Å². The lowest BCUT2D eigenvalue weighted by molar-refractivity contribution is -0.193. The fraction of sp³-hybridized carbons (Fsp3) is 0.200. The van der Waals surface area contributed by atoms with E-state index in [2.05, 4.69) is 0 Å². The summed E-state index contributed by atoms with van der Waals surface area (Å²) in [6.07, 6.45) is -0.624. The maximum atomic E-state index is 10.9. The Bertz CT molecular complexity index is 363. The van der Waals surface area contributed by atoms with E-state index in [9.17, 15) is 9.59 Å². The molecule has 1 saturated heterocycles. The monoisotopic (exact) mass is 192 g/mol. The molecule has 2 rings (SSSR count). The Labute approximate surface area is 80.1 Å². The maximum Gasteiger partial charge on any atom is 0.325 e. The molecule has 0 bridgehead atoms. The molecule has 0 saturated carbocycles. The van der Waals surface area contributed by atoms with E-state index >= 15 is 0 Å². The molecule has 4 nitrogen and oxygen atoms in total. The molecule has 1 N–H and O–H groups in total. The summed E-state index contributed by atoms with van der Waals surface area (Å²) in [7, 11) is 0. The molecular formula is C10H8O4. The van der Waals surface area contributed by atoms with Gasteiger partial charge in [0, 0.05) is 0 Å². The Balaban J connectivity index is 2.22. The number of cyclic esters (lactones) is 1. The minimum atomic E-state index is -1.13. The quantitative estimate of drug-likeness (QED) is 0.560. The van der Waals surface area contributed by atoms with Crippen molar-refractivity contribution < 1.29 is 19.4 Å². The molecule has 72 valence electrons. The number of ether oxygens (including phenoxy) is 1. The van der Waals surface area contributed by atoms with Crippen molar-refractivity contribution in [2.24, 2.45) is 5.92 Å². The van der Waals surface area contributed by atoms with Crippen LogP contribution < -0.4 is 0 Å². The van der Waals surface area contributed by atoms with Crippen LogP contribution in [0.5, 0.6) is 0 Å². The average Bonchev–Trinajstić information content (AvgIpc) is 2.14. The van der Waals surface area contributed by atoms with Crippen molar-refractivity contribution in [3.63, 3.8) is 0 Å². The second-order valence-corrected chi connectivity index (χ2v) is 3.08. The van der Waals surface area contributed by atoms with Gasteiger partial charge in [-0.05, 0) is 5.56 Å². The molecule has 2 unspecified atom stereocenters. The molecule has 14 heavy (non-hydrogen) atoms. The van der Waals surface area contributed by atoms with Gasteiger partial charge in [-0.25, -0.2) is 0 Å². The highest BCUT2D eigenvalue weighted by molar-refractivity contribution is 5.98. The standard InChI is InChI=1S/C10H8O4/c11-9(12)7-8(14-10(7)13)6-4-2-1-3-5-6/h1-5,7-8H,(H,11,12). The molecule has 1 aliphatic heterocycles. The second kappa shape index (κ2) is 3.14. The second-order valence-electron chi connectivity index (χ2n) is 3.08. The van der Waals surface area contributed by atoms with Crippen LogP contribution >= 0.6 is 0 Å². The van der Waals surface area contributed by atoms with Gasteiger partial charge in [0.2, 0.25) is 0 Å². The van der Waals surface area contributed by atoms with Gasteiger partial charge in [-0.3, -0.25) is 9.59 Å². The van der Waals surface area contributed by atoms with Crippen molar-refractivity contribution >= 4 is 11.9 Å². The van der Waals surface area contributed by atoms with E-state index in [1.165, 1.54) is 0 Å². The van der Waals surface area contributed by atoms with Crippen LogP contribution in [0.3, 0.4) is 0 Å². The predicted octanol–water partition coefficient (Wildman–Crippen LogP) is 0.985. The highest BCUT2D eigenvalue weighted by Crippen LogP contribution is 2.36. The van der Waals surface area contributed by atoms with Gasteiger partial charge in [-0.2, -0.15) is 0 Å². The molecule has 1 fully saturated rings. The van der Waals surface area contributed by atoms with Crippen LogP contribution in [-0.2, 0) is 14.3 Å². The van der Waals surface area contributed by atoms with Gasteiger partial charge < -0.3 is 9.84 Å². The zero-order valence-corrected chi connectivity index (χ0v) is 7.21. The van der Waals surface area contributed by atoms with E-state index in [1.54, 1.807) is 24.3 Å². The first-order valence-electron chi connectivity index (χ1n) is 4.18. The number of rotatable bonds is 2. The Morgan fingerprint density at radius 1 is 1.29 bits per heavy atom. The first kappa shape index (κ1) is 8.74. The zero-order chi connectivity index (χ0) is 10.1. The van der Waals surface area contributed by atoms with Gasteiger partial charge in [0.25, 0.3) is 0 Å². The zero-order valence-electron chi connectivity index (χ0n) is 7.21. The molecular weight excluding hydrogens is 184 g/mol. The van der Waals surface area contributed by atoms with Crippen molar-refractivity contribution in [3.05, 3.63) is 35.9 Å². The van der Waals surface area contributed by atoms with E-state index in [0.717, 1.165) is 5.56 Å². The smallest absolute Gasteiger partial charge is 0.325 e. The van der Waals surface area contributed by atoms with Gasteiger partial charge in [-0.15, -0.1) is 0 Å². The SMILES string of the molecule is O=C(O)C1C(=O)OC1c1ccccc1. The summed E-state index contributed by atoms with van der Waals surface area (Å²) in [6.45, 7) is 0. The number of carboxylic acid groups (broad SMARTS) is 1. The highest BCUT2D eigenvalue weighted by Gasteiger charge is 2.48. The summed E-state index contributed by atoms with van der Waals surface area (Å²) in [5.74, 6) is -2.83. The lowest BCUT2D eigenvalue weighted by Crippen LogP contribution is -2.43. The van der Waals surface area contributed by atoms with Crippen LogP contribution in [0.2, 0.25) is 0 Å². The van der Waals surface area contributed by atoms with Crippen LogP contribution in [0.15, 0.2) is 30.3 Å². The summed E-state index contributed by atoms with van der Waals surface area (Å²) >= 11 is 0. The van der Waals surface area contributed by atoms with Gasteiger partial charge in [0.05, 0.1) is 0 Å². The summed E-state index contributed by atoms with van der Waals surface area (Å²) in [4.78, 5) is 21.5. The first-order chi connectivity index (χ1) is 6.70. The lowest BCUT2D eigenvalue weighted by atomic mass is 9.91. The number of esters is 1. The molecule has 1 aromatic carbocycles. The number of carboxylic acids is 1. The molecule has 0 spiro atoms. The van der Waals surface area contributed by atoms with Crippen molar-refractivity contribution in [3.8, 4) is 0 Å². The third-order valence-corrected chi connectivity index (χ3v) is 2.19. The molecule has 0 aliphatic carbocycles. The van der Waals surface area contributed by atoms with Crippen molar-refractivity contribution in [1.82, 2.24) is 0 Å². The number of carbonyl (C=O) groups excluding carboxylic acids is 1. The lowest BCUT2D eigenvalue weighted by Gasteiger charge is -2.32. The van der Waals surface area contributed by atoms with Gasteiger partial charge in [0.1, 0.15) is 0 Å². The van der Waals surface area contributed by atoms with E-state index in [4.69, 9.17) is 9.84 Å². The molecule has 4 heteroatoms. The topological polar surface area (TPSA) is 63.6 Å². The number of carbonyl (C=O) groups is 2. The van der Waals surface area contributed by atoms with E-state index in [0.29, 0.717) is 0 Å². The molecule has 0 radical (unpaired) electrons. The number of hydrogen-bond donors (Lipinski definition) is 1. The minimum absolute atomic E-state index is 0.624. The number of aliphatic carboxylic acids is 1. The van der Waals surface area contributed by atoms with Crippen molar-refractivity contribution in [2.75, 3.05) is 0 Å². The van der Waals surface area contributed by atoms with Crippen LogP contribution in [0.4, 0.5) is 0 Å². The molecule has 1 heterocycles. The molecule has 1 aliphatic rings. The summed E-state index contributed by atoms with van der Waals surface area (Å²) < 4.78 is 4.78. The molecule has 2 atom stereocenters. The van der Waals surface area contributed by atoms with Crippen LogP contribution in [0.1, 0.15) is 11.7 Å². The molecule has 1 aromatic rings. The largest absolute Gasteiger partial charge is 0.480 e. The Morgan fingerprint density at radius 3 is 2.43 bits per heavy atom. The summed E-state index contributed by atoms with van der Waals surface area (Å²) in [5, 5.41) is 8.73. The summed E-state index contributed by atoms with van der Waals surface area (Å²) in [5.41, 5.74) is 0.722. The minimum Gasteiger partial charge on any atom is -0.480 e. The third-order valence-electron chi connectivity index (χ3n) is 2.19. The van der Waals surface area contributed by atoms with Crippen LogP contribution in [0.25, 0.3) is 0 Å². The van der Waals surface area contributed by atoms with Crippen LogP contribution in [-0.4, -0.2) is 17.0 Å². The Hall–Kier alpha value is -1.84.